The number of hydrogen-bond acceptors (Lipinski definition) is 2. The van der Waals surface area contributed by atoms with Gasteiger partial charge in [-0.2, -0.15) is 0 Å². The summed E-state index contributed by atoms with van der Waals surface area (Å²) in [6.45, 7) is 7.68. The molecule has 0 radical (unpaired) electrons. The zero-order chi connectivity index (χ0) is 18.2. The molecule has 5 heteroatoms. The van der Waals surface area contributed by atoms with E-state index in [0.29, 0.717) is 12.0 Å². The quantitative estimate of drug-likeness (QED) is 0.563. The van der Waals surface area contributed by atoms with Gasteiger partial charge in [-0.05, 0) is 37.2 Å². The molecule has 1 aromatic heterocycles. The number of guanidine groups is 1. The Hall–Kier alpha value is -2.30. The molecular formula is C21H31N5. The van der Waals surface area contributed by atoms with E-state index in [1.54, 1.807) is 0 Å². The van der Waals surface area contributed by atoms with Crippen molar-refractivity contribution in [2.45, 2.75) is 52.6 Å². The molecule has 140 valence electrons. The topological polar surface area (TPSA) is 54.2 Å². The van der Waals surface area contributed by atoms with Crippen LogP contribution in [0.2, 0.25) is 0 Å². The summed E-state index contributed by atoms with van der Waals surface area (Å²) in [5.41, 5.74) is 1.75. The van der Waals surface area contributed by atoms with Gasteiger partial charge in [0, 0.05) is 32.0 Å². The van der Waals surface area contributed by atoms with Crippen LogP contribution in [-0.4, -0.2) is 28.6 Å². The van der Waals surface area contributed by atoms with Gasteiger partial charge in [0.2, 0.25) is 0 Å². The van der Waals surface area contributed by atoms with Gasteiger partial charge in [-0.15, -0.1) is 0 Å². The largest absolute Gasteiger partial charge is 0.357 e. The van der Waals surface area contributed by atoms with Crippen molar-refractivity contribution in [3.63, 3.8) is 0 Å². The molecule has 26 heavy (non-hydrogen) atoms. The molecule has 1 aromatic carbocycles. The van der Waals surface area contributed by atoms with E-state index < -0.39 is 0 Å². The van der Waals surface area contributed by atoms with Gasteiger partial charge in [-0.1, -0.05) is 43.7 Å². The summed E-state index contributed by atoms with van der Waals surface area (Å²) in [6, 6.07) is 10.5. The maximum absolute atomic E-state index is 4.77. The number of imidazole rings is 1. The zero-order valence-electron chi connectivity index (χ0n) is 16.0. The van der Waals surface area contributed by atoms with E-state index in [9.17, 15) is 0 Å². The van der Waals surface area contributed by atoms with Crippen molar-refractivity contribution >= 4 is 5.96 Å². The van der Waals surface area contributed by atoms with Crippen LogP contribution in [-0.2, 0) is 13.1 Å². The van der Waals surface area contributed by atoms with E-state index >= 15 is 0 Å². The Labute approximate surface area is 156 Å². The summed E-state index contributed by atoms with van der Waals surface area (Å²) in [6.07, 6.45) is 9.14. The third-order valence-corrected chi connectivity index (χ3v) is 5.52. The molecule has 1 aliphatic rings. The maximum atomic E-state index is 4.77. The van der Waals surface area contributed by atoms with Crippen LogP contribution in [0.1, 0.15) is 50.9 Å². The van der Waals surface area contributed by atoms with Crippen molar-refractivity contribution in [1.82, 2.24) is 20.2 Å². The molecule has 0 unspecified atom stereocenters. The lowest BCUT2D eigenvalue weighted by Crippen LogP contribution is -2.46. The number of aliphatic imine (C=N–C) groups is 1. The number of rotatable bonds is 8. The third-order valence-electron chi connectivity index (χ3n) is 5.52. The molecule has 1 saturated carbocycles. The minimum Gasteiger partial charge on any atom is -0.357 e. The number of nitrogens with one attached hydrogen (secondary N) is 2. The van der Waals surface area contributed by atoms with Crippen molar-refractivity contribution in [2.24, 2.45) is 10.4 Å². The van der Waals surface area contributed by atoms with Crippen molar-refractivity contribution in [1.29, 1.82) is 0 Å². The van der Waals surface area contributed by atoms with Crippen molar-refractivity contribution < 1.29 is 0 Å². The van der Waals surface area contributed by atoms with Crippen LogP contribution in [0, 0.1) is 5.41 Å². The van der Waals surface area contributed by atoms with Crippen molar-refractivity contribution in [3.8, 4) is 0 Å². The fourth-order valence-electron chi connectivity index (χ4n) is 3.51. The van der Waals surface area contributed by atoms with Crippen molar-refractivity contribution in [2.75, 3.05) is 13.1 Å². The van der Waals surface area contributed by atoms with Gasteiger partial charge in [0.1, 0.15) is 12.4 Å². The fraction of sp³-hybridized carbons (Fsp3) is 0.524. The van der Waals surface area contributed by atoms with Crippen LogP contribution in [0.3, 0.4) is 0 Å². The van der Waals surface area contributed by atoms with Gasteiger partial charge in [-0.25, -0.2) is 9.98 Å². The predicted molar refractivity (Wildman–Crippen MR) is 107 cm³/mol. The second-order valence-corrected chi connectivity index (χ2v) is 7.21. The average molecular weight is 354 g/mol. The molecular weight excluding hydrogens is 322 g/mol. The summed E-state index contributed by atoms with van der Waals surface area (Å²) in [7, 11) is 0. The van der Waals surface area contributed by atoms with Crippen LogP contribution < -0.4 is 10.6 Å². The Kier molecular flexibility index (Phi) is 6.31. The molecule has 2 aromatic rings. The number of benzene rings is 1. The summed E-state index contributed by atoms with van der Waals surface area (Å²) in [4.78, 5) is 9.26. The van der Waals surface area contributed by atoms with Crippen LogP contribution in [0.4, 0.5) is 0 Å². The SMILES string of the molecule is CCNC(=NCc1nccn1Cc1ccccc1)NCC1(CC)CCC1. The highest BCUT2D eigenvalue weighted by Gasteiger charge is 2.34. The first kappa shape index (κ1) is 18.5. The lowest BCUT2D eigenvalue weighted by atomic mass is 9.67. The number of hydrogen-bond donors (Lipinski definition) is 2. The maximum Gasteiger partial charge on any atom is 0.191 e. The lowest BCUT2D eigenvalue weighted by molar-refractivity contribution is 0.131. The Bertz CT molecular complexity index is 695. The van der Waals surface area contributed by atoms with Crippen LogP contribution >= 0.6 is 0 Å². The molecule has 0 aliphatic heterocycles. The van der Waals surface area contributed by atoms with Gasteiger partial charge in [0.15, 0.2) is 5.96 Å². The summed E-state index contributed by atoms with van der Waals surface area (Å²) < 4.78 is 2.17. The van der Waals surface area contributed by atoms with E-state index in [1.807, 2.05) is 18.5 Å². The minimum absolute atomic E-state index is 0.474. The summed E-state index contributed by atoms with van der Waals surface area (Å²) in [5.74, 6) is 1.88. The minimum atomic E-state index is 0.474. The van der Waals surface area contributed by atoms with Gasteiger partial charge in [-0.3, -0.25) is 0 Å². The molecule has 5 nitrogen and oxygen atoms in total. The molecule has 2 N–H and O–H groups in total. The molecule has 1 fully saturated rings. The number of aromatic nitrogens is 2. The first-order valence-electron chi connectivity index (χ1n) is 9.81. The molecule has 1 aliphatic carbocycles. The fourth-order valence-corrected chi connectivity index (χ4v) is 3.51. The smallest absolute Gasteiger partial charge is 0.191 e. The predicted octanol–water partition coefficient (Wildman–Crippen LogP) is 3.57. The van der Waals surface area contributed by atoms with E-state index in [0.717, 1.165) is 31.4 Å². The van der Waals surface area contributed by atoms with Gasteiger partial charge in [0.05, 0.1) is 0 Å². The molecule has 0 saturated heterocycles. The highest BCUT2D eigenvalue weighted by Crippen LogP contribution is 2.42. The second kappa shape index (κ2) is 8.88. The first-order valence-corrected chi connectivity index (χ1v) is 9.81. The third kappa shape index (κ3) is 4.65. The van der Waals surface area contributed by atoms with E-state index in [-0.39, 0.29) is 0 Å². The van der Waals surface area contributed by atoms with Crippen LogP contribution in [0.5, 0.6) is 0 Å². The Balaban J connectivity index is 1.61. The summed E-state index contributed by atoms with van der Waals surface area (Å²) in [5, 5.41) is 6.91. The molecule has 3 rings (SSSR count). The molecule has 0 atom stereocenters. The number of nitrogens with zero attached hydrogens (tertiary/aromatic N) is 3. The zero-order valence-corrected chi connectivity index (χ0v) is 16.0. The molecule has 0 bridgehead atoms. The second-order valence-electron chi connectivity index (χ2n) is 7.21. The molecule has 0 spiro atoms. The van der Waals surface area contributed by atoms with Gasteiger partial charge >= 0.3 is 0 Å². The van der Waals surface area contributed by atoms with Gasteiger partial charge < -0.3 is 15.2 Å². The van der Waals surface area contributed by atoms with Gasteiger partial charge in [0.25, 0.3) is 0 Å². The first-order chi connectivity index (χ1) is 12.7. The Morgan fingerprint density at radius 3 is 2.65 bits per heavy atom. The molecule has 1 heterocycles. The monoisotopic (exact) mass is 353 g/mol. The van der Waals surface area contributed by atoms with E-state index in [4.69, 9.17) is 4.99 Å². The highest BCUT2D eigenvalue weighted by molar-refractivity contribution is 5.79. The Morgan fingerprint density at radius 2 is 2.00 bits per heavy atom. The molecule has 0 amide bonds. The van der Waals surface area contributed by atoms with E-state index in [1.165, 1.54) is 31.2 Å². The van der Waals surface area contributed by atoms with E-state index in [2.05, 4.69) is 58.3 Å². The normalized spacial score (nSPS) is 16.2. The highest BCUT2D eigenvalue weighted by atomic mass is 15.2. The average Bonchev–Trinajstić information content (AvgIpc) is 3.07. The standard InChI is InChI=1S/C21H31N5/c1-3-21(11-8-12-21)17-25-20(22-4-2)24-15-19-23-13-14-26(19)16-18-9-6-5-7-10-18/h5-7,9-10,13-14H,3-4,8,11-12,15-17H2,1-2H3,(H2,22,24,25). The Morgan fingerprint density at radius 1 is 1.19 bits per heavy atom. The summed E-state index contributed by atoms with van der Waals surface area (Å²) >= 11 is 0. The van der Waals surface area contributed by atoms with Crippen LogP contribution in [0.25, 0.3) is 0 Å². The van der Waals surface area contributed by atoms with Crippen molar-refractivity contribution in [3.05, 3.63) is 54.1 Å². The van der Waals surface area contributed by atoms with Crippen LogP contribution in [0.15, 0.2) is 47.7 Å². The lowest BCUT2D eigenvalue weighted by Gasteiger charge is -2.41.